The fourth-order valence-corrected chi connectivity index (χ4v) is 1.26. The van der Waals surface area contributed by atoms with Gasteiger partial charge in [0.2, 0.25) is 0 Å². The van der Waals surface area contributed by atoms with Gasteiger partial charge >= 0.3 is 6.09 Å². The van der Waals surface area contributed by atoms with Gasteiger partial charge in [-0.2, -0.15) is 0 Å². The summed E-state index contributed by atoms with van der Waals surface area (Å²) in [5.41, 5.74) is -0.104. The minimum Gasteiger partial charge on any atom is -0.447 e. The SMILES string of the molecule is CCCN1C(=O)OCC1(C)C. The molecule has 11 heavy (non-hydrogen) atoms. The Morgan fingerprint density at radius 2 is 2.27 bits per heavy atom. The molecule has 0 spiro atoms. The van der Waals surface area contributed by atoms with Crippen molar-refractivity contribution in [2.24, 2.45) is 0 Å². The van der Waals surface area contributed by atoms with Crippen molar-refractivity contribution < 1.29 is 9.53 Å². The zero-order valence-corrected chi connectivity index (χ0v) is 7.39. The molecule has 0 atom stereocenters. The molecule has 1 amide bonds. The van der Waals surface area contributed by atoms with Crippen LogP contribution in [-0.4, -0.2) is 29.7 Å². The van der Waals surface area contributed by atoms with E-state index >= 15 is 0 Å². The van der Waals surface area contributed by atoms with E-state index in [1.807, 2.05) is 13.8 Å². The molecule has 1 saturated heterocycles. The lowest BCUT2D eigenvalue weighted by molar-refractivity contribution is 0.155. The lowest BCUT2D eigenvalue weighted by Gasteiger charge is -2.27. The van der Waals surface area contributed by atoms with Crippen molar-refractivity contribution in [3.8, 4) is 0 Å². The molecule has 1 aliphatic rings. The summed E-state index contributed by atoms with van der Waals surface area (Å²) in [7, 11) is 0. The van der Waals surface area contributed by atoms with Gasteiger partial charge in [-0.3, -0.25) is 4.90 Å². The van der Waals surface area contributed by atoms with Crippen LogP contribution in [0.3, 0.4) is 0 Å². The van der Waals surface area contributed by atoms with E-state index in [0.717, 1.165) is 13.0 Å². The summed E-state index contributed by atoms with van der Waals surface area (Å²) in [5.74, 6) is 0. The molecule has 3 nitrogen and oxygen atoms in total. The van der Waals surface area contributed by atoms with E-state index in [4.69, 9.17) is 4.74 Å². The highest BCUT2D eigenvalue weighted by atomic mass is 16.6. The van der Waals surface area contributed by atoms with E-state index in [2.05, 4.69) is 6.92 Å². The summed E-state index contributed by atoms with van der Waals surface area (Å²) in [5, 5.41) is 0. The maximum absolute atomic E-state index is 11.1. The minimum absolute atomic E-state index is 0.104. The van der Waals surface area contributed by atoms with Gasteiger partial charge in [0.25, 0.3) is 0 Å². The van der Waals surface area contributed by atoms with Crippen LogP contribution in [0.5, 0.6) is 0 Å². The maximum Gasteiger partial charge on any atom is 0.410 e. The first-order valence-electron chi connectivity index (χ1n) is 4.02. The summed E-state index contributed by atoms with van der Waals surface area (Å²) < 4.78 is 4.92. The molecule has 1 aliphatic heterocycles. The molecule has 0 saturated carbocycles. The lowest BCUT2D eigenvalue weighted by atomic mass is 10.1. The summed E-state index contributed by atoms with van der Waals surface area (Å²) in [6, 6.07) is 0. The molecule has 1 heterocycles. The number of hydrogen-bond acceptors (Lipinski definition) is 2. The van der Waals surface area contributed by atoms with Crippen LogP contribution >= 0.6 is 0 Å². The van der Waals surface area contributed by atoms with Crippen molar-refractivity contribution in [3.05, 3.63) is 0 Å². The number of hydrogen-bond donors (Lipinski definition) is 0. The Kier molecular flexibility index (Phi) is 2.07. The largest absolute Gasteiger partial charge is 0.447 e. The molecule has 1 rings (SSSR count). The average Bonchev–Trinajstić information content (AvgIpc) is 2.16. The average molecular weight is 157 g/mol. The third-order valence-corrected chi connectivity index (χ3v) is 1.95. The summed E-state index contributed by atoms with van der Waals surface area (Å²) >= 11 is 0. The molecule has 0 N–H and O–H groups in total. The minimum atomic E-state index is -0.170. The van der Waals surface area contributed by atoms with Crippen molar-refractivity contribution in [1.82, 2.24) is 4.90 Å². The van der Waals surface area contributed by atoms with Gasteiger partial charge in [-0.25, -0.2) is 4.79 Å². The molecular weight excluding hydrogens is 142 g/mol. The zero-order valence-electron chi connectivity index (χ0n) is 7.39. The molecule has 0 aromatic rings. The number of carbonyl (C=O) groups is 1. The second-order valence-corrected chi connectivity index (χ2v) is 3.52. The Morgan fingerprint density at radius 1 is 1.64 bits per heavy atom. The second kappa shape index (κ2) is 2.72. The van der Waals surface area contributed by atoms with Crippen molar-refractivity contribution in [3.63, 3.8) is 0 Å². The normalized spacial score (nSPS) is 22.1. The molecule has 0 unspecified atom stereocenters. The van der Waals surface area contributed by atoms with Crippen molar-refractivity contribution >= 4 is 6.09 Å². The summed E-state index contributed by atoms with van der Waals surface area (Å²) in [6.45, 7) is 7.42. The van der Waals surface area contributed by atoms with E-state index in [-0.39, 0.29) is 11.6 Å². The number of rotatable bonds is 2. The number of cyclic esters (lactones) is 1. The molecule has 0 aliphatic carbocycles. The number of nitrogens with zero attached hydrogens (tertiary/aromatic N) is 1. The highest BCUT2D eigenvalue weighted by Crippen LogP contribution is 2.22. The first kappa shape index (κ1) is 8.37. The van der Waals surface area contributed by atoms with Crippen LogP contribution in [0, 0.1) is 0 Å². The molecule has 0 aromatic heterocycles. The third kappa shape index (κ3) is 1.47. The molecule has 64 valence electrons. The Balaban J connectivity index is 2.64. The first-order valence-corrected chi connectivity index (χ1v) is 4.02. The lowest BCUT2D eigenvalue weighted by Crippen LogP contribution is -2.42. The fraction of sp³-hybridized carbons (Fsp3) is 0.875. The molecule has 3 heteroatoms. The van der Waals surface area contributed by atoms with Gasteiger partial charge in [0.05, 0.1) is 5.54 Å². The van der Waals surface area contributed by atoms with Crippen molar-refractivity contribution in [2.45, 2.75) is 32.7 Å². The highest BCUT2D eigenvalue weighted by Gasteiger charge is 2.38. The molecule has 1 fully saturated rings. The Morgan fingerprint density at radius 3 is 2.64 bits per heavy atom. The number of amides is 1. The summed E-state index contributed by atoms with van der Waals surface area (Å²) in [4.78, 5) is 12.9. The van der Waals surface area contributed by atoms with E-state index < -0.39 is 0 Å². The van der Waals surface area contributed by atoms with Crippen LogP contribution in [0.15, 0.2) is 0 Å². The second-order valence-electron chi connectivity index (χ2n) is 3.52. The Hall–Kier alpha value is -0.730. The maximum atomic E-state index is 11.1. The van der Waals surface area contributed by atoms with Gasteiger partial charge < -0.3 is 4.74 Å². The third-order valence-electron chi connectivity index (χ3n) is 1.95. The predicted octanol–water partition coefficient (Wildman–Crippen LogP) is 1.63. The Labute approximate surface area is 67.3 Å². The van der Waals surface area contributed by atoms with Crippen LogP contribution in [0.1, 0.15) is 27.2 Å². The fourth-order valence-electron chi connectivity index (χ4n) is 1.26. The number of ether oxygens (including phenoxy) is 1. The number of carbonyl (C=O) groups excluding carboxylic acids is 1. The highest BCUT2D eigenvalue weighted by molar-refractivity contribution is 5.70. The van der Waals surface area contributed by atoms with Crippen LogP contribution in [0.2, 0.25) is 0 Å². The molecular formula is C8H15NO2. The summed E-state index contributed by atoms with van der Waals surface area (Å²) in [6.07, 6.45) is 0.815. The van der Waals surface area contributed by atoms with E-state index in [0.29, 0.717) is 6.61 Å². The van der Waals surface area contributed by atoms with Crippen LogP contribution in [0.4, 0.5) is 4.79 Å². The van der Waals surface area contributed by atoms with Gasteiger partial charge in [-0.05, 0) is 20.3 Å². The van der Waals surface area contributed by atoms with Crippen molar-refractivity contribution in [1.29, 1.82) is 0 Å². The van der Waals surface area contributed by atoms with Gasteiger partial charge in [0.1, 0.15) is 6.61 Å². The topological polar surface area (TPSA) is 29.5 Å². The van der Waals surface area contributed by atoms with Gasteiger partial charge in [-0.15, -0.1) is 0 Å². The predicted molar refractivity (Wildman–Crippen MR) is 42.4 cm³/mol. The van der Waals surface area contributed by atoms with Gasteiger partial charge in [-0.1, -0.05) is 6.92 Å². The molecule has 0 radical (unpaired) electrons. The zero-order chi connectivity index (χ0) is 8.48. The van der Waals surface area contributed by atoms with Crippen LogP contribution in [-0.2, 0) is 4.74 Å². The van der Waals surface area contributed by atoms with E-state index in [9.17, 15) is 4.79 Å². The standard InChI is InChI=1S/C8H15NO2/c1-4-5-9-7(10)11-6-8(9,2)3/h4-6H2,1-3H3. The molecule has 0 aromatic carbocycles. The Bertz CT molecular complexity index is 165. The first-order chi connectivity index (χ1) is 5.08. The van der Waals surface area contributed by atoms with E-state index in [1.165, 1.54) is 0 Å². The van der Waals surface area contributed by atoms with Crippen molar-refractivity contribution in [2.75, 3.05) is 13.2 Å². The smallest absolute Gasteiger partial charge is 0.410 e. The van der Waals surface area contributed by atoms with Gasteiger partial charge in [0.15, 0.2) is 0 Å². The van der Waals surface area contributed by atoms with Crippen LogP contribution < -0.4 is 0 Å². The van der Waals surface area contributed by atoms with Crippen LogP contribution in [0.25, 0.3) is 0 Å². The molecule has 0 bridgehead atoms. The van der Waals surface area contributed by atoms with E-state index in [1.54, 1.807) is 4.90 Å². The monoisotopic (exact) mass is 157 g/mol. The quantitative estimate of drug-likeness (QED) is 0.609. The van der Waals surface area contributed by atoms with Gasteiger partial charge in [0, 0.05) is 6.54 Å².